The van der Waals surface area contributed by atoms with Gasteiger partial charge in [-0.3, -0.25) is 14.8 Å². The van der Waals surface area contributed by atoms with Crippen molar-refractivity contribution in [3.05, 3.63) is 89.5 Å². The molecule has 1 aromatic carbocycles. The van der Waals surface area contributed by atoms with Gasteiger partial charge in [0.1, 0.15) is 11.5 Å². The average molecular weight is 336 g/mol. The third-order valence-electron chi connectivity index (χ3n) is 3.84. The van der Waals surface area contributed by atoms with E-state index in [2.05, 4.69) is 15.0 Å². The Labute approximate surface area is 145 Å². The normalized spacial score (nSPS) is 11.8. The van der Waals surface area contributed by atoms with E-state index >= 15 is 0 Å². The monoisotopic (exact) mass is 336 g/mol. The molecule has 0 aliphatic rings. The van der Waals surface area contributed by atoms with Gasteiger partial charge in [-0.25, -0.2) is 9.37 Å². The van der Waals surface area contributed by atoms with Crippen LogP contribution in [0.5, 0.6) is 0 Å². The van der Waals surface area contributed by atoms with Crippen molar-refractivity contribution in [1.29, 1.82) is 0 Å². The zero-order chi connectivity index (χ0) is 17.8. The minimum atomic E-state index is -0.535. The van der Waals surface area contributed by atoms with Gasteiger partial charge in [0.15, 0.2) is 0 Å². The number of carbonyl (C=O) groups is 1. The van der Waals surface area contributed by atoms with E-state index < -0.39 is 6.04 Å². The van der Waals surface area contributed by atoms with Gasteiger partial charge in [0, 0.05) is 19.4 Å². The largest absolute Gasteiger partial charge is 0.328 e. The summed E-state index contributed by atoms with van der Waals surface area (Å²) in [7, 11) is 1.65. The number of nitrogens with zero attached hydrogens (tertiary/aromatic N) is 4. The van der Waals surface area contributed by atoms with Gasteiger partial charge < -0.3 is 4.90 Å². The van der Waals surface area contributed by atoms with Crippen LogP contribution >= 0.6 is 0 Å². The van der Waals surface area contributed by atoms with E-state index in [1.54, 1.807) is 50.6 Å². The molecular formula is C19H17FN4O. The molecule has 6 heteroatoms. The highest BCUT2D eigenvalue weighted by Crippen LogP contribution is 2.27. The van der Waals surface area contributed by atoms with E-state index in [-0.39, 0.29) is 17.4 Å². The lowest BCUT2D eigenvalue weighted by Crippen LogP contribution is -2.33. The molecule has 1 unspecified atom stereocenters. The summed E-state index contributed by atoms with van der Waals surface area (Å²) in [5.74, 6) is -0.679. The molecule has 0 saturated carbocycles. The Morgan fingerprint density at radius 2 is 1.92 bits per heavy atom. The number of hydrogen-bond acceptors (Lipinski definition) is 4. The molecule has 2 heterocycles. The number of carbonyl (C=O) groups excluding carboxylic acids is 1. The smallest absolute Gasteiger partial charge is 0.274 e. The van der Waals surface area contributed by atoms with Crippen LogP contribution in [0.15, 0.2) is 61.1 Å². The number of halogens is 1. The lowest BCUT2D eigenvalue weighted by Gasteiger charge is -2.28. The zero-order valence-electron chi connectivity index (χ0n) is 13.9. The first kappa shape index (κ1) is 16.7. The van der Waals surface area contributed by atoms with Crippen molar-refractivity contribution in [2.75, 3.05) is 7.05 Å². The Kier molecular flexibility index (Phi) is 4.79. The van der Waals surface area contributed by atoms with Crippen LogP contribution in [-0.2, 0) is 0 Å². The van der Waals surface area contributed by atoms with Gasteiger partial charge in [-0.2, -0.15) is 0 Å². The Morgan fingerprint density at radius 3 is 2.56 bits per heavy atom. The van der Waals surface area contributed by atoms with Crippen molar-refractivity contribution in [2.24, 2.45) is 0 Å². The molecule has 5 nitrogen and oxygen atoms in total. The summed E-state index contributed by atoms with van der Waals surface area (Å²) in [5, 5.41) is 0. The molecular weight excluding hydrogens is 319 g/mol. The third-order valence-corrected chi connectivity index (χ3v) is 3.84. The van der Waals surface area contributed by atoms with Crippen molar-refractivity contribution < 1.29 is 9.18 Å². The summed E-state index contributed by atoms with van der Waals surface area (Å²) < 4.78 is 13.7. The van der Waals surface area contributed by atoms with E-state index in [0.717, 1.165) is 5.69 Å². The van der Waals surface area contributed by atoms with Crippen molar-refractivity contribution in [1.82, 2.24) is 19.9 Å². The molecule has 0 spiro atoms. The fourth-order valence-electron chi connectivity index (χ4n) is 2.61. The summed E-state index contributed by atoms with van der Waals surface area (Å²) in [6.07, 6.45) is 4.62. The van der Waals surface area contributed by atoms with Crippen molar-refractivity contribution >= 4 is 5.91 Å². The molecule has 0 N–H and O–H groups in total. The Balaban J connectivity index is 2.02. The minimum Gasteiger partial charge on any atom is -0.328 e. The van der Waals surface area contributed by atoms with E-state index in [0.29, 0.717) is 11.3 Å². The molecule has 1 amide bonds. The molecule has 0 aliphatic carbocycles. The van der Waals surface area contributed by atoms with Crippen LogP contribution in [0.3, 0.4) is 0 Å². The number of rotatable bonds is 4. The fourth-order valence-corrected chi connectivity index (χ4v) is 2.61. The van der Waals surface area contributed by atoms with Crippen LogP contribution in [0.4, 0.5) is 4.39 Å². The first-order valence-electron chi connectivity index (χ1n) is 7.78. The number of aryl methyl sites for hydroxylation is 1. The predicted molar refractivity (Wildman–Crippen MR) is 91.3 cm³/mol. The molecule has 25 heavy (non-hydrogen) atoms. The van der Waals surface area contributed by atoms with Gasteiger partial charge in [-0.05, 0) is 36.8 Å². The molecule has 3 rings (SSSR count). The highest BCUT2D eigenvalue weighted by atomic mass is 19.1. The maximum Gasteiger partial charge on any atom is 0.274 e. The quantitative estimate of drug-likeness (QED) is 0.734. The van der Waals surface area contributed by atoms with Crippen LogP contribution in [0, 0.1) is 12.7 Å². The first-order valence-corrected chi connectivity index (χ1v) is 7.78. The van der Waals surface area contributed by atoms with Crippen LogP contribution < -0.4 is 0 Å². The van der Waals surface area contributed by atoms with E-state index in [1.807, 2.05) is 6.07 Å². The van der Waals surface area contributed by atoms with Crippen LogP contribution in [0.25, 0.3) is 0 Å². The second kappa shape index (κ2) is 7.17. The van der Waals surface area contributed by atoms with Crippen LogP contribution in [0.2, 0.25) is 0 Å². The number of amides is 1. The summed E-state index contributed by atoms with van der Waals surface area (Å²) in [4.78, 5) is 26.9. The van der Waals surface area contributed by atoms with Crippen LogP contribution in [-0.4, -0.2) is 32.8 Å². The van der Waals surface area contributed by atoms with Gasteiger partial charge >= 0.3 is 0 Å². The maximum absolute atomic E-state index is 13.7. The Hall–Kier alpha value is -3.15. The maximum atomic E-state index is 13.7. The fraction of sp³-hybridized carbons (Fsp3) is 0.158. The second-order valence-corrected chi connectivity index (χ2v) is 5.67. The lowest BCUT2D eigenvalue weighted by molar-refractivity contribution is 0.0746. The molecule has 1 atom stereocenters. The topological polar surface area (TPSA) is 59.0 Å². The first-order chi connectivity index (χ1) is 12.1. The van der Waals surface area contributed by atoms with Crippen molar-refractivity contribution in [3.8, 4) is 0 Å². The van der Waals surface area contributed by atoms with Gasteiger partial charge in [-0.15, -0.1) is 0 Å². The highest BCUT2D eigenvalue weighted by Gasteiger charge is 2.26. The summed E-state index contributed by atoms with van der Waals surface area (Å²) in [6.45, 7) is 1.80. The lowest BCUT2D eigenvalue weighted by atomic mass is 10.0. The Morgan fingerprint density at radius 1 is 1.08 bits per heavy atom. The number of pyridine rings is 1. The summed E-state index contributed by atoms with van der Waals surface area (Å²) >= 11 is 0. The Bertz CT molecular complexity index is 868. The molecule has 0 aliphatic heterocycles. The minimum absolute atomic E-state index is 0.227. The summed E-state index contributed by atoms with van der Waals surface area (Å²) in [6, 6.07) is 11.1. The molecule has 0 radical (unpaired) electrons. The van der Waals surface area contributed by atoms with Gasteiger partial charge in [-0.1, -0.05) is 18.2 Å². The number of hydrogen-bond donors (Lipinski definition) is 0. The van der Waals surface area contributed by atoms with Crippen molar-refractivity contribution in [3.63, 3.8) is 0 Å². The van der Waals surface area contributed by atoms with Gasteiger partial charge in [0.25, 0.3) is 5.91 Å². The molecule has 126 valence electrons. The van der Waals surface area contributed by atoms with Crippen molar-refractivity contribution in [2.45, 2.75) is 13.0 Å². The molecule has 0 saturated heterocycles. The highest BCUT2D eigenvalue weighted by molar-refractivity contribution is 5.92. The predicted octanol–water partition coefficient (Wildman–Crippen LogP) is 3.18. The standard InChI is InChI=1S/C19H17FN4O/c1-13-11-23-17(12-22-13)19(25)24(2)18(16-8-3-4-9-21-16)14-6-5-7-15(20)10-14/h3-12,18H,1-2H3. The molecule has 0 fully saturated rings. The molecule has 2 aromatic heterocycles. The second-order valence-electron chi connectivity index (χ2n) is 5.67. The SMILES string of the molecule is Cc1cnc(C(=O)N(C)C(c2cccc(F)c2)c2ccccn2)cn1. The number of aromatic nitrogens is 3. The number of benzene rings is 1. The third kappa shape index (κ3) is 3.68. The molecule has 0 bridgehead atoms. The van der Waals surface area contributed by atoms with Crippen LogP contribution in [0.1, 0.15) is 33.5 Å². The van der Waals surface area contributed by atoms with Gasteiger partial charge in [0.2, 0.25) is 0 Å². The summed E-state index contributed by atoms with van der Waals surface area (Å²) in [5.41, 5.74) is 2.23. The average Bonchev–Trinajstić information content (AvgIpc) is 2.63. The van der Waals surface area contributed by atoms with E-state index in [9.17, 15) is 9.18 Å². The molecule has 3 aromatic rings. The van der Waals surface area contributed by atoms with E-state index in [1.165, 1.54) is 23.2 Å². The van der Waals surface area contributed by atoms with E-state index in [4.69, 9.17) is 0 Å². The van der Waals surface area contributed by atoms with Gasteiger partial charge in [0.05, 0.1) is 23.6 Å². The zero-order valence-corrected chi connectivity index (χ0v) is 13.9.